The van der Waals surface area contributed by atoms with Gasteiger partial charge in [0.15, 0.2) is 11.8 Å². The van der Waals surface area contributed by atoms with Crippen LogP contribution in [0.3, 0.4) is 0 Å². The first-order valence-corrected chi connectivity index (χ1v) is 6.68. The van der Waals surface area contributed by atoms with E-state index in [4.69, 9.17) is 5.73 Å². The van der Waals surface area contributed by atoms with Crippen LogP contribution in [-0.2, 0) is 13.1 Å². The number of hydrogen-bond acceptors (Lipinski definition) is 3. The first kappa shape index (κ1) is 14.5. The number of aryl methyl sites for hydroxylation is 1. The van der Waals surface area contributed by atoms with E-state index in [0.717, 1.165) is 25.3 Å². The second kappa shape index (κ2) is 8.49. The third kappa shape index (κ3) is 5.16. The van der Waals surface area contributed by atoms with Crippen LogP contribution in [0.25, 0.3) is 0 Å². The number of nitrogens with two attached hydrogens (primary N) is 1. The van der Waals surface area contributed by atoms with Crippen LogP contribution >= 0.6 is 0 Å². The molecule has 0 bridgehead atoms. The minimum absolute atomic E-state index is 0.474. The van der Waals surface area contributed by atoms with Gasteiger partial charge in [0.2, 0.25) is 0 Å². The minimum atomic E-state index is 0.474. The van der Waals surface area contributed by atoms with Crippen molar-refractivity contribution in [3.8, 4) is 0 Å². The topological polar surface area (TPSA) is 81.1 Å². The first-order valence-electron chi connectivity index (χ1n) is 6.68. The SMILES string of the molecule is CCCCCCNC(N)=NCc1nncn1CC. The molecule has 0 amide bonds. The van der Waals surface area contributed by atoms with Crippen LogP contribution < -0.4 is 11.1 Å². The fourth-order valence-corrected chi connectivity index (χ4v) is 1.65. The molecular formula is C12H24N6. The number of aromatic nitrogens is 3. The summed E-state index contributed by atoms with van der Waals surface area (Å²) in [5.74, 6) is 1.32. The van der Waals surface area contributed by atoms with Gasteiger partial charge in [0.05, 0.1) is 0 Å². The Labute approximate surface area is 109 Å². The summed E-state index contributed by atoms with van der Waals surface area (Å²) in [4.78, 5) is 4.25. The van der Waals surface area contributed by atoms with E-state index in [2.05, 4.69) is 27.4 Å². The highest BCUT2D eigenvalue weighted by Gasteiger charge is 2.01. The molecular weight excluding hydrogens is 228 g/mol. The third-order valence-corrected chi connectivity index (χ3v) is 2.76. The summed E-state index contributed by atoms with van der Waals surface area (Å²) in [6.07, 6.45) is 6.60. The second-order valence-corrected chi connectivity index (χ2v) is 4.22. The molecule has 18 heavy (non-hydrogen) atoms. The average molecular weight is 252 g/mol. The lowest BCUT2D eigenvalue weighted by atomic mass is 10.2. The van der Waals surface area contributed by atoms with Gasteiger partial charge in [0.25, 0.3) is 0 Å². The van der Waals surface area contributed by atoms with Crippen molar-refractivity contribution in [3.05, 3.63) is 12.2 Å². The fourth-order valence-electron chi connectivity index (χ4n) is 1.65. The van der Waals surface area contributed by atoms with Crippen LogP contribution in [0.1, 0.15) is 45.4 Å². The van der Waals surface area contributed by atoms with Gasteiger partial charge in [-0.15, -0.1) is 10.2 Å². The largest absolute Gasteiger partial charge is 0.370 e. The Bertz CT molecular complexity index is 357. The van der Waals surface area contributed by atoms with Crippen molar-refractivity contribution in [2.45, 2.75) is 52.6 Å². The van der Waals surface area contributed by atoms with Crippen molar-refractivity contribution in [1.29, 1.82) is 0 Å². The van der Waals surface area contributed by atoms with E-state index in [1.165, 1.54) is 19.3 Å². The molecule has 1 aromatic heterocycles. The predicted octanol–water partition coefficient (Wildman–Crippen LogP) is 1.28. The minimum Gasteiger partial charge on any atom is -0.370 e. The van der Waals surface area contributed by atoms with E-state index in [1.807, 2.05) is 11.5 Å². The lowest BCUT2D eigenvalue weighted by Gasteiger charge is -2.05. The summed E-state index contributed by atoms with van der Waals surface area (Å²) >= 11 is 0. The molecule has 1 rings (SSSR count). The summed E-state index contributed by atoms with van der Waals surface area (Å²) in [5, 5.41) is 11.0. The molecule has 6 heteroatoms. The van der Waals surface area contributed by atoms with E-state index in [9.17, 15) is 0 Å². The summed E-state index contributed by atoms with van der Waals surface area (Å²) < 4.78 is 1.96. The van der Waals surface area contributed by atoms with Gasteiger partial charge in [-0.25, -0.2) is 4.99 Å². The van der Waals surface area contributed by atoms with Crippen molar-refractivity contribution >= 4 is 5.96 Å². The molecule has 0 aromatic carbocycles. The van der Waals surface area contributed by atoms with Crippen molar-refractivity contribution in [2.75, 3.05) is 6.54 Å². The Morgan fingerprint density at radius 2 is 2.22 bits per heavy atom. The quantitative estimate of drug-likeness (QED) is 0.415. The smallest absolute Gasteiger partial charge is 0.189 e. The van der Waals surface area contributed by atoms with Crippen LogP contribution in [0.2, 0.25) is 0 Å². The third-order valence-electron chi connectivity index (χ3n) is 2.76. The number of guanidine groups is 1. The molecule has 0 fully saturated rings. The molecule has 0 aliphatic rings. The zero-order valence-corrected chi connectivity index (χ0v) is 11.4. The van der Waals surface area contributed by atoms with Gasteiger partial charge in [-0.05, 0) is 13.3 Å². The maximum absolute atomic E-state index is 5.78. The van der Waals surface area contributed by atoms with Gasteiger partial charge in [0.1, 0.15) is 12.9 Å². The molecule has 0 unspecified atom stereocenters. The van der Waals surface area contributed by atoms with E-state index in [1.54, 1.807) is 6.33 Å². The Morgan fingerprint density at radius 3 is 2.94 bits per heavy atom. The van der Waals surface area contributed by atoms with Gasteiger partial charge >= 0.3 is 0 Å². The lowest BCUT2D eigenvalue weighted by Crippen LogP contribution is -2.32. The van der Waals surface area contributed by atoms with Gasteiger partial charge < -0.3 is 15.6 Å². The van der Waals surface area contributed by atoms with Gasteiger partial charge in [0, 0.05) is 13.1 Å². The van der Waals surface area contributed by atoms with E-state index >= 15 is 0 Å². The summed E-state index contributed by atoms with van der Waals surface area (Å²) in [7, 11) is 0. The number of nitrogens with one attached hydrogen (secondary N) is 1. The molecule has 1 heterocycles. The van der Waals surface area contributed by atoms with Crippen molar-refractivity contribution in [3.63, 3.8) is 0 Å². The summed E-state index contributed by atoms with van der Waals surface area (Å²) in [6, 6.07) is 0. The number of aliphatic imine (C=N–C) groups is 1. The fraction of sp³-hybridized carbons (Fsp3) is 0.750. The first-order chi connectivity index (χ1) is 8.77. The maximum Gasteiger partial charge on any atom is 0.189 e. The molecule has 6 nitrogen and oxygen atoms in total. The Balaban J connectivity index is 2.25. The van der Waals surface area contributed by atoms with Crippen molar-refractivity contribution in [1.82, 2.24) is 20.1 Å². The van der Waals surface area contributed by atoms with Crippen molar-refractivity contribution in [2.24, 2.45) is 10.7 Å². The number of unbranched alkanes of at least 4 members (excludes halogenated alkanes) is 3. The molecule has 0 spiro atoms. The highest BCUT2D eigenvalue weighted by Crippen LogP contribution is 1.98. The van der Waals surface area contributed by atoms with E-state index < -0.39 is 0 Å². The summed E-state index contributed by atoms with van der Waals surface area (Å²) in [5.41, 5.74) is 5.78. The Kier molecular flexibility index (Phi) is 6.83. The number of nitrogens with zero attached hydrogens (tertiary/aromatic N) is 4. The zero-order valence-electron chi connectivity index (χ0n) is 11.4. The highest BCUT2D eigenvalue weighted by molar-refractivity contribution is 5.77. The zero-order chi connectivity index (χ0) is 13.2. The van der Waals surface area contributed by atoms with Crippen LogP contribution in [-0.4, -0.2) is 27.3 Å². The normalized spacial score (nSPS) is 11.8. The molecule has 0 aliphatic heterocycles. The molecule has 0 saturated carbocycles. The molecule has 0 atom stereocenters. The van der Waals surface area contributed by atoms with Gasteiger partial charge in [-0.1, -0.05) is 26.2 Å². The second-order valence-electron chi connectivity index (χ2n) is 4.22. The van der Waals surface area contributed by atoms with Crippen molar-refractivity contribution < 1.29 is 0 Å². The monoisotopic (exact) mass is 252 g/mol. The molecule has 102 valence electrons. The van der Waals surface area contributed by atoms with Crippen LogP contribution in [0.4, 0.5) is 0 Å². The molecule has 0 saturated heterocycles. The Morgan fingerprint density at radius 1 is 1.39 bits per heavy atom. The summed E-state index contributed by atoms with van der Waals surface area (Å²) in [6.45, 7) is 6.46. The predicted molar refractivity (Wildman–Crippen MR) is 73.2 cm³/mol. The molecule has 3 N–H and O–H groups in total. The van der Waals surface area contributed by atoms with E-state index in [0.29, 0.717) is 12.5 Å². The molecule has 0 aliphatic carbocycles. The highest BCUT2D eigenvalue weighted by atomic mass is 15.3. The van der Waals surface area contributed by atoms with E-state index in [-0.39, 0.29) is 0 Å². The van der Waals surface area contributed by atoms with Crippen LogP contribution in [0.5, 0.6) is 0 Å². The van der Waals surface area contributed by atoms with Crippen LogP contribution in [0, 0.1) is 0 Å². The standard InChI is InChI=1S/C12H24N6/c1-3-5-6-7-8-14-12(13)15-9-11-17-16-10-18(11)4-2/h10H,3-9H2,1-2H3,(H3,13,14,15). The lowest BCUT2D eigenvalue weighted by molar-refractivity contribution is 0.650. The molecule has 1 aromatic rings. The van der Waals surface area contributed by atoms with Gasteiger partial charge in [-0.2, -0.15) is 0 Å². The Hall–Kier alpha value is -1.59. The van der Waals surface area contributed by atoms with Gasteiger partial charge in [-0.3, -0.25) is 0 Å². The maximum atomic E-state index is 5.78. The number of hydrogen-bond donors (Lipinski definition) is 2. The molecule has 0 radical (unpaired) electrons. The van der Waals surface area contributed by atoms with Crippen LogP contribution in [0.15, 0.2) is 11.3 Å². The average Bonchev–Trinajstić information content (AvgIpc) is 2.83. The number of rotatable bonds is 8.